The number of hydrogen-bond donors (Lipinski definition) is 0. The molecule has 0 bridgehead atoms. The standard InChI is InChI=1S/C30H49ClO2/c1-20(2)7-6-8-21(3)25-13-14-26-24-12-10-22-9-11-23(33-28(32)16-18-31)19-30(22,5)27(24)15-17-29(25,26)4/h10,20-21,23-27H,6-9,11-19H2,1-5H3/t21-,23+,24-,25+,26-,27-,29+,30-/m0/s1. The second-order valence-corrected chi connectivity index (χ2v) is 13.5. The van der Waals surface area contributed by atoms with Gasteiger partial charge in [-0.2, -0.15) is 0 Å². The number of rotatable bonds is 8. The van der Waals surface area contributed by atoms with Crippen LogP contribution in [-0.2, 0) is 9.53 Å². The molecule has 0 spiro atoms. The Balaban J connectivity index is 1.46. The molecule has 0 aliphatic heterocycles. The zero-order valence-corrected chi connectivity index (χ0v) is 22.8. The van der Waals surface area contributed by atoms with Gasteiger partial charge in [0.1, 0.15) is 6.10 Å². The molecule has 3 heteroatoms. The van der Waals surface area contributed by atoms with Crippen LogP contribution in [0.15, 0.2) is 11.6 Å². The summed E-state index contributed by atoms with van der Waals surface area (Å²) in [6, 6.07) is 0. The summed E-state index contributed by atoms with van der Waals surface area (Å²) in [4.78, 5) is 12.1. The van der Waals surface area contributed by atoms with Crippen LogP contribution < -0.4 is 0 Å². The summed E-state index contributed by atoms with van der Waals surface area (Å²) in [7, 11) is 0. The molecule has 0 aromatic heterocycles. The number of fused-ring (bicyclic) bond motifs is 5. The lowest BCUT2D eigenvalue weighted by Crippen LogP contribution is -2.51. The minimum atomic E-state index is -0.111. The Kier molecular flexibility index (Phi) is 7.94. The normalized spacial score (nSPS) is 41.1. The molecule has 4 aliphatic carbocycles. The van der Waals surface area contributed by atoms with E-state index in [-0.39, 0.29) is 17.5 Å². The van der Waals surface area contributed by atoms with Crippen molar-refractivity contribution in [2.24, 2.45) is 46.3 Å². The third-order valence-corrected chi connectivity index (χ3v) is 11.0. The summed E-state index contributed by atoms with van der Waals surface area (Å²) in [6.07, 6.45) is 17.3. The van der Waals surface area contributed by atoms with Crippen molar-refractivity contribution >= 4 is 17.6 Å². The number of hydrogen-bond acceptors (Lipinski definition) is 2. The summed E-state index contributed by atoms with van der Waals surface area (Å²) in [5, 5.41) is 0. The van der Waals surface area contributed by atoms with Crippen LogP contribution in [0.5, 0.6) is 0 Å². The van der Waals surface area contributed by atoms with Gasteiger partial charge in [-0.25, -0.2) is 0 Å². The molecule has 3 saturated carbocycles. The van der Waals surface area contributed by atoms with Gasteiger partial charge in [0.15, 0.2) is 0 Å². The Hall–Kier alpha value is -0.500. The molecular formula is C30H49ClO2. The summed E-state index contributed by atoms with van der Waals surface area (Å²) >= 11 is 5.77. The fourth-order valence-electron chi connectivity index (χ4n) is 9.17. The van der Waals surface area contributed by atoms with Crippen molar-refractivity contribution in [1.29, 1.82) is 0 Å². The fourth-order valence-corrected chi connectivity index (χ4v) is 9.32. The van der Waals surface area contributed by atoms with Crippen LogP contribution in [0.3, 0.4) is 0 Å². The van der Waals surface area contributed by atoms with E-state index in [2.05, 4.69) is 40.7 Å². The highest BCUT2D eigenvalue weighted by Gasteiger charge is 2.59. The van der Waals surface area contributed by atoms with Crippen LogP contribution in [0.2, 0.25) is 0 Å². The van der Waals surface area contributed by atoms with Crippen LogP contribution in [0, 0.1) is 46.3 Å². The number of allylic oxidation sites excluding steroid dienone is 2. The van der Waals surface area contributed by atoms with Gasteiger partial charge < -0.3 is 4.74 Å². The zero-order chi connectivity index (χ0) is 23.8. The van der Waals surface area contributed by atoms with Crippen LogP contribution in [0.1, 0.15) is 112 Å². The molecule has 0 N–H and O–H groups in total. The Labute approximate surface area is 208 Å². The summed E-state index contributed by atoms with van der Waals surface area (Å²) < 4.78 is 5.88. The first-order valence-electron chi connectivity index (χ1n) is 14.1. The third-order valence-electron chi connectivity index (χ3n) is 10.8. The van der Waals surface area contributed by atoms with Gasteiger partial charge in [-0.05, 0) is 97.7 Å². The Morgan fingerprint density at radius 1 is 1.12 bits per heavy atom. The highest BCUT2D eigenvalue weighted by Crippen LogP contribution is 2.67. The molecule has 0 radical (unpaired) electrons. The van der Waals surface area contributed by atoms with Crippen molar-refractivity contribution in [3.63, 3.8) is 0 Å². The molecule has 33 heavy (non-hydrogen) atoms. The fraction of sp³-hybridized carbons (Fsp3) is 0.900. The minimum absolute atomic E-state index is 0.0761. The van der Waals surface area contributed by atoms with E-state index in [9.17, 15) is 4.79 Å². The quantitative estimate of drug-likeness (QED) is 0.199. The van der Waals surface area contributed by atoms with E-state index < -0.39 is 0 Å². The van der Waals surface area contributed by atoms with E-state index in [1.54, 1.807) is 5.57 Å². The Morgan fingerprint density at radius 2 is 1.91 bits per heavy atom. The summed E-state index contributed by atoms with van der Waals surface area (Å²) in [5.41, 5.74) is 2.42. The molecular weight excluding hydrogens is 428 g/mol. The second kappa shape index (κ2) is 10.2. The minimum Gasteiger partial charge on any atom is -0.462 e. The monoisotopic (exact) mass is 476 g/mol. The SMILES string of the molecule is CC(C)CCC[C@H](C)[C@H]1CC[C@H]2[C@@H]3CC=C4CC[C@@H](OC(=O)CCCl)C[C@]4(C)[C@H]3CC[C@]12C. The number of carbonyl (C=O) groups excluding carboxylic acids is 1. The molecule has 8 atom stereocenters. The van der Waals surface area contributed by atoms with E-state index in [1.165, 1.54) is 51.4 Å². The number of carbonyl (C=O) groups is 1. The average Bonchev–Trinajstić information content (AvgIpc) is 3.10. The van der Waals surface area contributed by atoms with E-state index in [1.807, 2.05) is 0 Å². The van der Waals surface area contributed by atoms with Gasteiger partial charge in [0, 0.05) is 5.88 Å². The molecule has 0 saturated heterocycles. The summed E-state index contributed by atoms with van der Waals surface area (Å²) in [5.74, 6) is 5.31. The number of ether oxygens (including phenoxy) is 1. The smallest absolute Gasteiger partial charge is 0.307 e. The van der Waals surface area contributed by atoms with E-state index in [0.717, 1.165) is 54.8 Å². The molecule has 0 aromatic rings. The molecule has 0 aromatic carbocycles. The van der Waals surface area contributed by atoms with Gasteiger partial charge in [0.05, 0.1) is 6.42 Å². The molecule has 2 nitrogen and oxygen atoms in total. The van der Waals surface area contributed by atoms with Crippen molar-refractivity contribution < 1.29 is 9.53 Å². The van der Waals surface area contributed by atoms with Crippen molar-refractivity contribution in [2.75, 3.05) is 5.88 Å². The molecule has 4 aliphatic rings. The van der Waals surface area contributed by atoms with Crippen molar-refractivity contribution in [3.05, 3.63) is 11.6 Å². The van der Waals surface area contributed by atoms with Crippen LogP contribution in [0.4, 0.5) is 0 Å². The molecule has 188 valence electrons. The molecule has 0 unspecified atom stereocenters. The first-order valence-corrected chi connectivity index (χ1v) is 14.7. The van der Waals surface area contributed by atoms with E-state index >= 15 is 0 Å². The molecule has 3 fully saturated rings. The molecule has 0 heterocycles. The number of halogens is 1. The third kappa shape index (κ3) is 4.94. The predicted molar refractivity (Wildman–Crippen MR) is 138 cm³/mol. The van der Waals surface area contributed by atoms with Gasteiger partial charge >= 0.3 is 5.97 Å². The van der Waals surface area contributed by atoms with E-state index in [0.29, 0.717) is 17.7 Å². The Morgan fingerprint density at radius 3 is 2.64 bits per heavy atom. The maximum atomic E-state index is 12.1. The zero-order valence-electron chi connectivity index (χ0n) is 22.0. The predicted octanol–water partition coefficient (Wildman–Crippen LogP) is 8.57. The summed E-state index contributed by atoms with van der Waals surface area (Å²) in [6.45, 7) is 12.5. The maximum Gasteiger partial charge on any atom is 0.307 e. The van der Waals surface area contributed by atoms with Crippen molar-refractivity contribution in [2.45, 2.75) is 118 Å². The van der Waals surface area contributed by atoms with Crippen molar-refractivity contribution in [3.8, 4) is 0 Å². The lowest BCUT2D eigenvalue weighted by molar-refractivity contribution is -0.153. The Bertz CT molecular complexity index is 729. The number of esters is 1. The lowest BCUT2D eigenvalue weighted by Gasteiger charge is -2.58. The van der Waals surface area contributed by atoms with Crippen LogP contribution in [0.25, 0.3) is 0 Å². The average molecular weight is 477 g/mol. The van der Waals surface area contributed by atoms with Gasteiger partial charge in [0.2, 0.25) is 0 Å². The lowest BCUT2D eigenvalue weighted by atomic mass is 9.47. The molecule has 4 rings (SSSR count). The topological polar surface area (TPSA) is 26.3 Å². The first-order chi connectivity index (χ1) is 15.7. The van der Waals surface area contributed by atoms with Crippen LogP contribution >= 0.6 is 11.6 Å². The van der Waals surface area contributed by atoms with Gasteiger partial charge in [-0.15, -0.1) is 11.6 Å². The van der Waals surface area contributed by atoms with Gasteiger partial charge in [-0.3, -0.25) is 4.79 Å². The largest absolute Gasteiger partial charge is 0.462 e. The van der Waals surface area contributed by atoms with Gasteiger partial charge in [0.25, 0.3) is 0 Å². The number of alkyl halides is 1. The van der Waals surface area contributed by atoms with Crippen LogP contribution in [-0.4, -0.2) is 18.0 Å². The van der Waals surface area contributed by atoms with Gasteiger partial charge in [-0.1, -0.05) is 65.5 Å². The highest BCUT2D eigenvalue weighted by molar-refractivity contribution is 6.18. The first kappa shape index (κ1) is 25.6. The molecule has 0 amide bonds. The highest BCUT2D eigenvalue weighted by atomic mass is 35.5. The van der Waals surface area contributed by atoms with Crippen molar-refractivity contribution in [1.82, 2.24) is 0 Å². The van der Waals surface area contributed by atoms with E-state index in [4.69, 9.17) is 16.3 Å². The second-order valence-electron chi connectivity index (χ2n) is 13.1. The maximum absolute atomic E-state index is 12.1.